The van der Waals surface area contributed by atoms with Crippen LogP contribution in [-0.2, 0) is 15.3 Å². The molecule has 2 aliphatic rings. The Kier molecular flexibility index (Phi) is 11.9. The third-order valence-corrected chi connectivity index (χ3v) is 9.93. The molecule has 2 aliphatic heterocycles. The normalized spacial score (nSPS) is 18.9. The molecule has 0 aliphatic carbocycles. The Morgan fingerprint density at radius 1 is 0.915 bits per heavy atom. The lowest BCUT2D eigenvalue weighted by molar-refractivity contribution is 0.122. The number of hydrogen-bond acceptors (Lipinski definition) is 6. The highest BCUT2D eigenvalue weighted by Gasteiger charge is 2.45. The highest BCUT2D eigenvalue weighted by Crippen LogP contribution is 2.46. The maximum atomic E-state index is 14.8. The predicted octanol–water partition coefficient (Wildman–Crippen LogP) is 7.44. The number of carbonyl (C=O) groups excluding carboxylic acids is 1. The number of piperazine rings is 1. The van der Waals surface area contributed by atoms with E-state index in [2.05, 4.69) is 37.8 Å². The molecule has 0 spiro atoms. The molecule has 1 saturated heterocycles. The summed E-state index contributed by atoms with van der Waals surface area (Å²) in [5.41, 5.74) is 3.52. The largest absolute Gasteiger partial charge is 0.493 e. The van der Waals surface area contributed by atoms with Crippen molar-refractivity contribution in [1.82, 2.24) is 14.7 Å². The minimum atomic E-state index is -3.08. The van der Waals surface area contributed by atoms with Gasteiger partial charge in [-0.15, -0.1) is 12.4 Å². The number of amides is 2. The second kappa shape index (κ2) is 15.2. The maximum absolute atomic E-state index is 14.8. The Hall–Kier alpha value is -2.82. The van der Waals surface area contributed by atoms with E-state index in [0.717, 1.165) is 22.3 Å². The minimum absolute atomic E-state index is 0. The molecular formula is C35H43Cl3N4O4S. The average Bonchev–Trinajstić information content (AvgIpc) is 3.40. The van der Waals surface area contributed by atoms with Gasteiger partial charge in [0.1, 0.15) is 27.5 Å². The molecule has 0 saturated carbocycles. The highest BCUT2D eigenvalue weighted by molar-refractivity contribution is 7.90. The van der Waals surface area contributed by atoms with Crippen LogP contribution in [0.15, 0.2) is 71.7 Å². The molecule has 5 rings (SSSR count). The summed E-state index contributed by atoms with van der Waals surface area (Å²) in [4.78, 5) is 25.9. The Balaban J connectivity index is 0.00000500. The number of aliphatic imine (C=N–C) groups is 1. The van der Waals surface area contributed by atoms with Crippen LogP contribution in [0.25, 0.3) is 0 Å². The molecule has 3 aromatic carbocycles. The van der Waals surface area contributed by atoms with Gasteiger partial charge in [-0.1, -0.05) is 74.3 Å². The molecule has 0 radical (unpaired) electrons. The van der Waals surface area contributed by atoms with Crippen LogP contribution >= 0.6 is 35.6 Å². The maximum Gasteiger partial charge on any atom is 0.326 e. The van der Waals surface area contributed by atoms with Crippen molar-refractivity contribution in [2.45, 2.75) is 45.2 Å². The first-order chi connectivity index (χ1) is 21.7. The quantitative estimate of drug-likeness (QED) is 0.242. The molecule has 0 unspecified atom stereocenters. The van der Waals surface area contributed by atoms with Crippen LogP contribution in [-0.4, -0.2) is 86.3 Å². The van der Waals surface area contributed by atoms with Crippen LogP contribution in [0.5, 0.6) is 5.75 Å². The van der Waals surface area contributed by atoms with E-state index >= 15 is 0 Å². The first-order valence-electron chi connectivity index (χ1n) is 15.6. The number of amidine groups is 1. The molecule has 2 amide bonds. The SMILES string of the molecule is CCOc1ccc(C(C)(C)C)cc1C1=N[C@@H](c2ccc(Cl)cc2)[C@@H](c2ccc(Cl)cc2)N1C(=O)N1CCN(CCS(C)(=O)=O)CC1.Cl. The van der Waals surface area contributed by atoms with Gasteiger partial charge < -0.3 is 9.64 Å². The first-order valence-corrected chi connectivity index (χ1v) is 18.4. The van der Waals surface area contributed by atoms with E-state index in [-0.39, 0.29) is 29.6 Å². The summed E-state index contributed by atoms with van der Waals surface area (Å²) in [6.07, 6.45) is 1.25. The van der Waals surface area contributed by atoms with Crippen molar-refractivity contribution in [1.29, 1.82) is 0 Å². The molecule has 0 aromatic heterocycles. The van der Waals surface area contributed by atoms with Crippen molar-refractivity contribution in [2.75, 3.05) is 51.3 Å². The van der Waals surface area contributed by atoms with Gasteiger partial charge in [-0.05, 0) is 65.4 Å². The highest BCUT2D eigenvalue weighted by atomic mass is 35.5. The molecule has 1 fully saturated rings. The number of carbonyl (C=O) groups is 1. The van der Waals surface area contributed by atoms with Gasteiger partial charge in [0, 0.05) is 49.0 Å². The lowest BCUT2D eigenvalue weighted by atomic mass is 9.86. The smallest absolute Gasteiger partial charge is 0.326 e. The standard InChI is InChI=1S/C35H42Cl2N4O4S.ClH/c1-6-45-30-16-11-26(35(2,3)4)23-29(30)33-38-31(24-7-12-27(36)13-8-24)32(25-9-14-28(37)15-10-25)41(33)34(42)40-19-17-39(18-20-40)21-22-46(5,43)44;/h7-16,23,31-32H,6,17-22H2,1-5H3;1H/t31-,32+;/m0./s1. The Morgan fingerprint density at radius 3 is 2.02 bits per heavy atom. The summed E-state index contributed by atoms with van der Waals surface area (Å²) in [6.45, 7) is 11.4. The van der Waals surface area contributed by atoms with Crippen LogP contribution in [0, 0.1) is 0 Å². The summed E-state index contributed by atoms with van der Waals surface area (Å²) in [5.74, 6) is 1.29. The van der Waals surface area contributed by atoms with E-state index in [1.54, 1.807) is 0 Å². The number of hydrogen-bond donors (Lipinski definition) is 0. The van der Waals surface area contributed by atoms with E-state index in [4.69, 9.17) is 32.9 Å². The molecule has 8 nitrogen and oxygen atoms in total. The molecule has 12 heteroatoms. The minimum Gasteiger partial charge on any atom is -0.493 e. The molecule has 0 N–H and O–H groups in total. The number of ether oxygens (including phenoxy) is 1. The average molecular weight is 722 g/mol. The second-order valence-electron chi connectivity index (χ2n) is 13.0. The summed E-state index contributed by atoms with van der Waals surface area (Å²) in [7, 11) is -3.08. The topological polar surface area (TPSA) is 82.5 Å². The molecule has 0 bridgehead atoms. The molecule has 2 atom stereocenters. The fourth-order valence-electron chi connectivity index (χ4n) is 5.92. The molecule has 3 aromatic rings. The zero-order chi connectivity index (χ0) is 33.2. The number of benzene rings is 3. The first kappa shape index (κ1) is 37.0. The van der Waals surface area contributed by atoms with Crippen molar-refractivity contribution in [3.63, 3.8) is 0 Å². The number of halogens is 3. The van der Waals surface area contributed by atoms with Crippen molar-refractivity contribution >= 4 is 57.3 Å². The summed E-state index contributed by atoms with van der Waals surface area (Å²) in [6, 6.07) is 20.2. The van der Waals surface area contributed by atoms with E-state index in [0.29, 0.717) is 61.0 Å². The van der Waals surface area contributed by atoms with Crippen molar-refractivity contribution in [3.8, 4) is 5.75 Å². The van der Waals surface area contributed by atoms with Gasteiger partial charge in [-0.25, -0.2) is 13.2 Å². The van der Waals surface area contributed by atoms with Crippen LogP contribution in [0.3, 0.4) is 0 Å². The van der Waals surface area contributed by atoms with Crippen molar-refractivity contribution < 1.29 is 17.9 Å². The van der Waals surface area contributed by atoms with Crippen LogP contribution in [0.1, 0.15) is 62.0 Å². The lowest BCUT2D eigenvalue weighted by Gasteiger charge is -2.39. The van der Waals surface area contributed by atoms with Gasteiger partial charge in [0.05, 0.1) is 24.0 Å². The predicted molar refractivity (Wildman–Crippen MR) is 193 cm³/mol. The zero-order valence-electron chi connectivity index (χ0n) is 27.4. The zero-order valence-corrected chi connectivity index (χ0v) is 30.6. The van der Waals surface area contributed by atoms with Gasteiger partial charge >= 0.3 is 6.03 Å². The summed E-state index contributed by atoms with van der Waals surface area (Å²) >= 11 is 12.6. The second-order valence-corrected chi connectivity index (χ2v) is 16.1. The summed E-state index contributed by atoms with van der Waals surface area (Å²) < 4.78 is 29.7. The molecule has 47 heavy (non-hydrogen) atoms. The molecular weight excluding hydrogens is 679 g/mol. The number of rotatable bonds is 8. The third kappa shape index (κ3) is 8.81. The van der Waals surface area contributed by atoms with Gasteiger partial charge in [-0.2, -0.15) is 0 Å². The van der Waals surface area contributed by atoms with Crippen LogP contribution in [0.4, 0.5) is 4.79 Å². The van der Waals surface area contributed by atoms with Gasteiger partial charge in [-0.3, -0.25) is 14.8 Å². The third-order valence-electron chi connectivity index (χ3n) is 8.50. The Labute approximate surface area is 295 Å². The fourth-order valence-corrected chi connectivity index (χ4v) is 6.76. The summed E-state index contributed by atoms with van der Waals surface area (Å²) in [5, 5.41) is 1.22. The number of urea groups is 1. The van der Waals surface area contributed by atoms with Gasteiger partial charge in [0.25, 0.3) is 0 Å². The van der Waals surface area contributed by atoms with E-state index in [1.807, 2.05) is 71.3 Å². The van der Waals surface area contributed by atoms with Gasteiger partial charge in [0.2, 0.25) is 0 Å². The number of sulfone groups is 1. The van der Waals surface area contributed by atoms with E-state index in [9.17, 15) is 13.2 Å². The lowest BCUT2D eigenvalue weighted by Crippen LogP contribution is -2.54. The molecule has 254 valence electrons. The number of nitrogens with zero attached hydrogens (tertiary/aromatic N) is 4. The van der Waals surface area contributed by atoms with E-state index in [1.165, 1.54) is 6.26 Å². The van der Waals surface area contributed by atoms with E-state index < -0.39 is 21.9 Å². The van der Waals surface area contributed by atoms with Gasteiger partial charge in [0.15, 0.2) is 0 Å². The molecule has 2 heterocycles. The monoisotopic (exact) mass is 720 g/mol. The fraction of sp³-hybridized carbons (Fsp3) is 0.429. The Bertz CT molecular complexity index is 1690. The van der Waals surface area contributed by atoms with Crippen LogP contribution < -0.4 is 4.74 Å². The van der Waals surface area contributed by atoms with Crippen LogP contribution in [0.2, 0.25) is 10.0 Å². The Morgan fingerprint density at radius 2 is 1.49 bits per heavy atom. The van der Waals surface area contributed by atoms with Crippen molar-refractivity contribution in [3.05, 3.63) is 99.0 Å². The van der Waals surface area contributed by atoms with Crippen molar-refractivity contribution in [2.24, 2.45) is 4.99 Å².